The van der Waals surface area contributed by atoms with Crippen LogP contribution in [0.2, 0.25) is 5.02 Å². The minimum Gasteiger partial charge on any atom is -0.373 e. The molecule has 1 aromatic carbocycles. The number of ether oxygens (including phenoxy) is 1. The molecule has 0 amide bonds. The van der Waals surface area contributed by atoms with Crippen LogP contribution in [0.4, 0.5) is 4.39 Å². The first-order valence-corrected chi connectivity index (χ1v) is 9.26. The molecular weight excluding hydrogens is 353 g/mol. The number of hydrogen-bond acceptors (Lipinski definition) is 3. The first kappa shape index (κ1) is 17.5. The topological polar surface area (TPSA) is 29.8 Å². The fourth-order valence-electron chi connectivity index (χ4n) is 3.37. The largest absolute Gasteiger partial charge is 0.373 e. The summed E-state index contributed by atoms with van der Waals surface area (Å²) in [5, 5.41) is 0.147. The summed E-state index contributed by atoms with van der Waals surface area (Å²) in [6, 6.07) is 10.9. The maximum Gasteiger partial charge on any atom is 0.142 e. The summed E-state index contributed by atoms with van der Waals surface area (Å²) in [6.07, 6.45) is 6.27. The second-order valence-corrected chi connectivity index (χ2v) is 7.14. The van der Waals surface area contributed by atoms with Gasteiger partial charge in [0.15, 0.2) is 0 Å². The molecule has 2 aromatic heterocycles. The fourth-order valence-corrected chi connectivity index (χ4v) is 3.49. The molecule has 3 aromatic rings. The van der Waals surface area contributed by atoms with Crippen LogP contribution in [-0.2, 0) is 17.9 Å². The normalized spacial score (nSPS) is 16.4. The molecule has 136 valence electrons. The highest BCUT2D eigenvalue weighted by atomic mass is 35.5. The van der Waals surface area contributed by atoms with Crippen LogP contribution in [0.3, 0.4) is 0 Å². The van der Waals surface area contributed by atoms with E-state index in [9.17, 15) is 4.39 Å². The summed E-state index contributed by atoms with van der Waals surface area (Å²) in [4.78, 5) is 7.07. The average Bonchev–Trinajstić information content (AvgIpc) is 3.06. The number of fused-ring (bicyclic) bond motifs is 1. The standard InChI is InChI=1S/C20H21ClFN3O/c21-18-5-4-15(11-19(18)22)14-26-17-6-9-24(10-7-17)12-16-13-25-8-2-1-3-20(25)23-16/h1-5,8,11,13,17H,6-7,9-10,12,14H2. The zero-order valence-electron chi connectivity index (χ0n) is 14.4. The lowest BCUT2D eigenvalue weighted by molar-refractivity contribution is -0.00420. The van der Waals surface area contributed by atoms with E-state index in [0.717, 1.165) is 49.4 Å². The van der Waals surface area contributed by atoms with Gasteiger partial charge in [0.1, 0.15) is 11.5 Å². The Balaban J connectivity index is 1.26. The van der Waals surface area contributed by atoms with Crippen LogP contribution in [0, 0.1) is 5.82 Å². The quantitative estimate of drug-likeness (QED) is 0.667. The lowest BCUT2D eigenvalue weighted by atomic mass is 10.1. The molecule has 0 saturated carbocycles. The van der Waals surface area contributed by atoms with Crippen molar-refractivity contribution < 1.29 is 9.13 Å². The minimum atomic E-state index is -0.393. The van der Waals surface area contributed by atoms with Crippen LogP contribution >= 0.6 is 11.6 Å². The number of halogens is 2. The van der Waals surface area contributed by atoms with Crippen LogP contribution in [0.5, 0.6) is 0 Å². The zero-order chi connectivity index (χ0) is 17.9. The SMILES string of the molecule is Fc1cc(COC2CCN(Cc3cn4ccccc4n3)CC2)ccc1Cl. The van der Waals surface area contributed by atoms with Crippen molar-refractivity contribution in [2.24, 2.45) is 0 Å². The fraction of sp³-hybridized carbons (Fsp3) is 0.350. The van der Waals surface area contributed by atoms with Crippen molar-refractivity contribution in [2.45, 2.75) is 32.1 Å². The maximum atomic E-state index is 13.5. The summed E-state index contributed by atoms with van der Waals surface area (Å²) in [5.74, 6) is -0.393. The van der Waals surface area contributed by atoms with Gasteiger partial charge in [0.2, 0.25) is 0 Å². The molecule has 1 aliphatic rings. The van der Waals surface area contributed by atoms with Crippen LogP contribution in [0.1, 0.15) is 24.1 Å². The second-order valence-electron chi connectivity index (χ2n) is 6.73. The predicted octanol–water partition coefficient (Wildman–Crippen LogP) is 4.31. The Morgan fingerprint density at radius 3 is 2.81 bits per heavy atom. The van der Waals surface area contributed by atoms with Crippen molar-refractivity contribution in [2.75, 3.05) is 13.1 Å². The van der Waals surface area contributed by atoms with E-state index in [-0.39, 0.29) is 11.1 Å². The van der Waals surface area contributed by atoms with Gasteiger partial charge >= 0.3 is 0 Å². The predicted molar refractivity (Wildman–Crippen MR) is 99.7 cm³/mol. The van der Waals surface area contributed by atoms with Gasteiger partial charge < -0.3 is 9.14 Å². The first-order chi connectivity index (χ1) is 12.7. The Morgan fingerprint density at radius 1 is 1.19 bits per heavy atom. The van der Waals surface area contributed by atoms with Crippen LogP contribution in [-0.4, -0.2) is 33.5 Å². The van der Waals surface area contributed by atoms with E-state index < -0.39 is 5.82 Å². The van der Waals surface area contributed by atoms with Crippen LogP contribution < -0.4 is 0 Å². The molecule has 4 rings (SSSR count). The van der Waals surface area contributed by atoms with E-state index in [0.29, 0.717) is 6.61 Å². The number of pyridine rings is 1. The Hall–Kier alpha value is -1.95. The lowest BCUT2D eigenvalue weighted by Gasteiger charge is -2.31. The minimum absolute atomic E-state index is 0.147. The number of imidazole rings is 1. The smallest absolute Gasteiger partial charge is 0.142 e. The van der Waals surface area contributed by atoms with E-state index in [4.69, 9.17) is 16.3 Å². The molecule has 0 radical (unpaired) electrons. The molecule has 0 spiro atoms. The number of benzene rings is 1. The molecule has 1 fully saturated rings. The molecular formula is C20H21ClFN3O. The summed E-state index contributed by atoms with van der Waals surface area (Å²) in [7, 11) is 0. The summed E-state index contributed by atoms with van der Waals surface area (Å²) in [6.45, 7) is 3.24. The van der Waals surface area contributed by atoms with Gasteiger partial charge in [-0.15, -0.1) is 0 Å². The van der Waals surface area contributed by atoms with Crippen molar-refractivity contribution in [3.05, 3.63) is 70.9 Å². The molecule has 1 aliphatic heterocycles. The van der Waals surface area contributed by atoms with Crippen molar-refractivity contribution in [1.29, 1.82) is 0 Å². The molecule has 0 atom stereocenters. The van der Waals surface area contributed by atoms with Gasteiger partial charge in [0, 0.05) is 32.0 Å². The number of likely N-dealkylation sites (tertiary alicyclic amines) is 1. The molecule has 0 N–H and O–H groups in total. The molecule has 4 nitrogen and oxygen atoms in total. The molecule has 1 saturated heterocycles. The average molecular weight is 374 g/mol. The molecule has 3 heterocycles. The third-order valence-corrected chi connectivity index (χ3v) is 5.11. The number of rotatable bonds is 5. The van der Waals surface area contributed by atoms with Gasteiger partial charge in [-0.05, 0) is 42.7 Å². The van der Waals surface area contributed by atoms with E-state index in [2.05, 4.69) is 20.5 Å². The molecule has 0 bridgehead atoms. The van der Waals surface area contributed by atoms with E-state index in [1.165, 1.54) is 6.07 Å². The zero-order valence-corrected chi connectivity index (χ0v) is 15.2. The Kier molecular flexibility index (Phi) is 5.20. The Morgan fingerprint density at radius 2 is 2.04 bits per heavy atom. The van der Waals surface area contributed by atoms with Gasteiger partial charge in [-0.1, -0.05) is 23.7 Å². The van der Waals surface area contributed by atoms with Gasteiger partial charge in [0.05, 0.1) is 23.4 Å². The van der Waals surface area contributed by atoms with Gasteiger partial charge in [-0.3, -0.25) is 4.90 Å². The first-order valence-electron chi connectivity index (χ1n) is 8.88. The third-order valence-electron chi connectivity index (χ3n) is 4.80. The highest BCUT2D eigenvalue weighted by Gasteiger charge is 2.20. The van der Waals surface area contributed by atoms with Crippen molar-refractivity contribution in [3.63, 3.8) is 0 Å². The monoisotopic (exact) mass is 373 g/mol. The number of hydrogen-bond donors (Lipinski definition) is 0. The van der Waals surface area contributed by atoms with Crippen LogP contribution in [0.15, 0.2) is 48.8 Å². The van der Waals surface area contributed by atoms with Crippen molar-refractivity contribution in [3.8, 4) is 0 Å². The van der Waals surface area contributed by atoms with Gasteiger partial charge in [-0.25, -0.2) is 9.37 Å². The van der Waals surface area contributed by atoms with Gasteiger partial charge in [-0.2, -0.15) is 0 Å². The van der Waals surface area contributed by atoms with E-state index in [1.54, 1.807) is 6.07 Å². The summed E-state index contributed by atoms with van der Waals surface area (Å²) in [5.41, 5.74) is 2.89. The molecule has 0 aliphatic carbocycles. The third kappa shape index (κ3) is 4.06. The highest BCUT2D eigenvalue weighted by molar-refractivity contribution is 6.30. The van der Waals surface area contributed by atoms with Crippen LogP contribution in [0.25, 0.3) is 5.65 Å². The molecule has 0 unspecified atom stereocenters. The molecule has 6 heteroatoms. The van der Waals surface area contributed by atoms with Crippen molar-refractivity contribution >= 4 is 17.2 Å². The number of piperidine rings is 1. The Bertz CT molecular complexity index is 857. The van der Waals surface area contributed by atoms with E-state index >= 15 is 0 Å². The maximum absolute atomic E-state index is 13.5. The molecule has 26 heavy (non-hydrogen) atoms. The van der Waals surface area contributed by atoms with E-state index in [1.807, 2.05) is 30.5 Å². The van der Waals surface area contributed by atoms with Gasteiger partial charge in [0.25, 0.3) is 0 Å². The summed E-state index contributed by atoms with van der Waals surface area (Å²) < 4.78 is 21.5. The summed E-state index contributed by atoms with van der Waals surface area (Å²) >= 11 is 5.71. The lowest BCUT2D eigenvalue weighted by Crippen LogP contribution is -2.36. The van der Waals surface area contributed by atoms with Crippen molar-refractivity contribution in [1.82, 2.24) is 14.3 Å². The second kappa shape index (κ2) is 7.74. The number of nitrogens with zero attached hydrogens (tertiary/aromatic N) is 3. The number of aromatic nitrogens is 2. The highest BCUT2D eigenvalue weighted by Crippen LogP contribution is 2.20. The Labute approximate surface area is 157 Å².